The Kier molecular flexibility index (Phi) is 15.3. The van der Waals surface area contributed by atoms with E-state index >= 15 is 0 Å². The molecule has 2 fully saturated rings. The smallest absolute Gasteiger partial charge is 0.481 e. The molecule has 0 aromatic carbocycles. The standard InChI is InChI=1S/C21H27N3O2.3C2HF3O2/c1-25-20-18(4-3-9-23-20)12-24-13-19-5-2-8-21(19,15-24)16-26-14-17-6-10-22-11-7-17;3*3-2(4,5)1(6)7/h3-4,6-7,9-11,19H,2,5,8,12-16H2,1H3;3*(H,6,7)/t19-,21+;;;/m1.../s1. The number of pyridine rings is 2. The van der Waals surface area contributed by atoms with Gasteiger partial charge in [-0.15, -0.1) is 0 Å². The van der Waals surface area contributed by atoms with Gasteiger partial charge in [0.1, 0.15) is 0 Å². The maximum atomic E-state index is 10.6. The van der Waals surface area contributed by atoms with Crippen LogP contribution in [0.2, 0.25) is 0 Å². The Hall–Kier alpha value is -4.20. The minimum atomic E-state index is -5.08. The van der Waals surface area contributed by atoms with Crippen LogP contribution in [0, 0.1) is 11.3 Å². The molecule has 264 valence electrons. The molecule has 2 aliphatic rings. The SMILES string of the molecule is COc1ncccc1CN1C[C@H]2CCC[C@@]2(COCc2ccncc2)C1.O=C(O)C(F)(F)F.O=C(O)C(F)(F)F.O=C(O)C(F)(F)F. The first-order valence-electron chi connectivity index (χ1n) is 13.2. The van der Waals surface area contributed by atoms with Crippen molar-refractivity contribution in [3.63, 3.8) is 0 Å². The minimum Gasteiger partial charge on any atom is -0.481 e. The van der Waals surface area contributed by atoms with Crippen molar-refractivity contribution in [1.29, 1.82) is 0 Å². The number of carbonyl (C=O) groups is 3. The highest BCUT2D eigenvalue weighted by atomic mass is 19.4. The van der Waals surface area contributed by atoms with E-state index < -0.39 is 36.4 Å². The molecule has 20 heteroatoms. The topological polar surface area (TPSA) is 159 Å². The maximum Gasteiger partial charge on any atom is 0.490 e. The average molecular weight is 696 g/mol. The first-order chi connectivity index (χ1) is 21.6. The Labute approximate surface area is 260 Å². The zero-order chi connectivity index (χ0) is 36.1. The van der Waals surface area contributed by atoms with Crippen molar-refractivity contribution in [2.45, 2.75) is 50.9 Å². The van der Waals surface area contributed by atoms with Gasteiger partial charge >= 0.3 is 36.4 Å². The third-order valence-electron chi connectivity index (χ3n) is 6.68. The molecule has 0 spiro atoms. The second kappa shape index (κ2) is 17.6. The molecule has 47 heavy (non-hydrogen) atoms. The Morgan fingerprint density at radius 3 is 1.87 bits per heavy atom. The van der Waals surface area contributed by atoms with Crippen molar-refractivity contribution in [2.24, 2.45) is 11.3 Å². The molecule has 4 rings (SSSR count). The minimum absolute atomic E-state index is 0.308. The lowest BCUT2D eigenvalue weighted by molar-refractivity contribution is -0.193. The number of carboxylic acids is 3. The van der Waals surface area contributed by atoms with Gasteiger partial charge in [0.25, 0.3) is 0 Å². The normalized spacial score (nSPS) is 19.1. The van der Waals surface area contributed by atoms with E-state index in [2.05, 4.69) is 20.9 Å². The second-order valence-corrected chi connectivity index (χ2v) is 10.0. The molecule has 0 radical (unpaired) electrons. The van der Waals surface area contributed by atoms with E-state index in [1.165, 1.54) is 30.4 Å². The van der Waals surface area contributed by atoms with Gasteiger partial charge in [0.2, 0.25) is 5.88 Å². The van der Waals surface area contributed by atoms with Crippen molar-refractivity contribution in [3.05, 3.63) is 54.0 Å². The van der Waals surface area contributed by atoms with E-state index in [-0.39, 0.29) is 0 Å². The maximum absolute atomic E-state index is 10.6. The molecule has 0 unspecified atom stereocenters. The number of ether oxygens (including phenoxy) is 2. The Bertz CT molecular complexity index is 1240. The number of fused-ring (bicyclic) bond motifs is 1. The number of alkyl halides is 9. The number of methoxy groups -OCH3 is 1. The third kappa shape index (κ3) is 14.4. The summed E-state index contributed by atoms with van der Waals surface area (Å²) in [4.78, 5) is 37.6. The van der Waals surface area contributed by atoms with Crippen LogP contribution in [-0.2, 0) is 32.3 Å². The van der Waals surface area contributed by atoms with Crippen LogP contribution in [0.15, 0.2) is 42.9 Å². The molecular weight excluding hydrogens is 665 g/mol. The molecule has 2 atom stereocenters. The first kappa shape index (κ1) is 40.8. The monoisotopic (exact) mass is 695 g/mol. The highest BCUT2D eigenvalue weighted by Gasteiger charge is 2.49. The predicted molar refractivity (Wildman–Crippen MR) is 141 cm³/mol. The van der Waals surface area contributed by atoms with Crippen molar-refractivity contribution in [2.75, 3.05) is 26.8 Å². The van der Waals surface area contributed by atoms with E-state index in [0.717, 1.165) is 38.0 Å². The predicted octanol–water partition coefficient (Wildman–Crippen LogP) is 5.20. The number of hydrogen-bond acceptors (Lipinski definition) is 8. The Balaban J connectivity index is 0.000000430. The number of nitrogens with zero attached hydrogens (tertiary/aromatic N) is 3. The van der Waals surface area contributed by atoms with E-state index in [1.54, 1.807) is 13.3 Å². The number of likely N-dealkylation sites (tertiary alicyclic amines) is 1. The molecule has 0 bridgehead atoms. The quantitative estimate of drug-likeness (QED) is 0.327. The van der Waals surface area contributed by atoms with Gasteiger partial charge in [-0.3, -0.25) is 9.88 Å². The molecule has 1 saturated carbocycles. The fraction of sp³-hybridized carbons (Fsp3) is 0.519. The first-order valence-corrected chi connectivity index (χ1v) is 13.2. The van der Waals surface area contributed by atoms with Crippen LogP contribution >= 0.6 is 0 Å². The molecule has 2 aromatic rings. The van der Waals surface area contributed by atoms with Crippen LogP contribution in [0.25, 0.3) is 0 Å². The summed E-state index contributed by atoms with van der Waals surface area (Å²) in [6.07, 6.45) is -5.89. The van der Waals surface area contributed by atoms with E-state index in [1.807, 2.05) is 30.6 Å². The fourth-order valence-electron chi connectivity index (χ4n) is 4.70. The van der Waals surface area contributed by atoms with E-state index in [0.29, 0.717) is 12.0 Å². The number of carboxylic acid groups (broad SMARTS) is 3. The molecule has 2 aromatic heterocycles. The van der Waals surface area contributed by atoms with Crippen LogP contribution in [0.1, 0.15) is 30.4 Å². The van der Waals surface area contributed by atoms with Crippen LogP contribution in [-0.4, -0.2) is 93.4 Å². The lowest BCUT2D eigenvalue weighted by Crippen LogP contribution is -2.32. The van der Waals surface area contributed by atoms with Gasteiger partial charge in [-0.25, -0.2) is 19.4 Å². The van der Waals surface area contributed by atoms with E-state index in [9.17, 15) is 39.5 Å². The lowest BCUT2D eigenvalue weighted by Gasteiger charge is -2.29. The fourth-order valence-corrected chi connectivity index (χ4v) is 4.70. The van der Waals surface area contributed by atoms with Gasteiger partial charge < -0.3 is 24.8 Å². The zero-order valence-electron chi connectivity index (χ0n) is 24.4. The molecule has 1 aliphatic carbocycles. The number of aliphatic carboxylic acids is 3. The van der Waals surface area contributed by atoms with Gasteiger partial charge in [-0.2, -0.15) is 39.5 Å². The largest absolute Gasteiger partial charge is 0.490 e. The second-order valence-electron chi connectivity index (χ2n) is 10.0. The summed E-state index contributed by atoms with van der Waals surface area (Å²) in [5.41, 5.74) is 2.67. The van der Waals surface area contributed by atoms with Crippen LogP contribution < -0.4 is 4.74 Å². The number of rotatable bonds is 7. The molecule has 1 saturated heterocycles. The van der Waals surface area contributed by atoms with Crippen molar-refractivity contribution >= 4 is 17.9 Å². The average Bonchev–Trinajstić information content (AvgIpc) is 3.50. The third-order valence-corrected chi connectivity index (χ3v) is 6.68. The summed E-state index contributed by atoms with van der Waals surface area (Å²) in [5.74, 6) is -6.79. The zero-order valence-corrected chi connectivity index (χ0v) is 24.4. The number of hydrogen-bond donors (Lipinski definition) is 3. The molecule has 1 aliphatic heterocycles. The highest BCUT2D eigenvalue weighted by Crippen LogP contribution is 2.49. The molecule has 11 nitrogen and oxygen atoms in total. The van der Waals surface area contributed by atoms with Gasteiger partial charge in [-0.05, 0) is 42.5 Å². The van der Waals surface area contributed by atoms with Crippen molar-refractivity contribution in [3.8, 4) is 5.88 Å². The van der Waals surface area contributed by atoms with Gasteiger partial charge in [0, 0.05) is 49.2 Å². The van der Waals surface area contributed by atoms with Gasteiger partial charge in [-0.1, -0.05) is 12.5 Å². The van der Waals surface area contributed by atoms with Gasteiger partial charge in [0.15, 0.2) is 0 Å². The van der Waals surface area contributed by atoms with E-state index in [4.69, 9.17) is 39.2 Å². The van der Waals surface area contributed by atoms with Crippen molar-refractivity contribution < 1.29 is 78.7 Å². The summed E-state index contributed by atoms with van der Waals surface area (Å²) in [6.45, 7) is 4.68. The molecule has 3 heterocycles. The summed E-state index contributed by atoms with van der Waals surface area (Å²) < 4.78 is 107. The van der Waals surface area contributed by atoms with Crippen LogP contribution in [0.3, 0.4) is 0 Å². The molecule has 0 amide bonds. The summed E-state index contributed by atoms with van der Waals surface area (Å²) in [7, 11) is 1.69. The van der Waals surface area contributed by atoms with Gasteiger partial charge in [0.05, 0.1) is 20.3 Å². The van der Waals surface area contributed by atoms with Crippen molar-refractivity contribution in [1.82, 2.24) is 14.9 Å². The van der Waals surface area contributed by atoms with Crippen LogP contribution in [0.5, 0.6) is 5.88 Å². The van der Waals surface area contributed by atoms with Crippen LogP contribution in [0.4, 0.5) is 39.5 Å². The summed E-state index contributed by atoms with van der Waals surface area (Å²) in [6, 6.07) is 8.16. The summed E-state index contributed by atoms with van der Waals surface area (Å²) >= 11 is 0. The Morgan fingerprint density at radius 2 is 1.40 bits per heavy atom. The number of halogens is 9. The highest BCUT2D eigenvalue weighted by molar-refractivity contribution is 5.73. The number of aromatic nitrogens is 2. The molecule has 3 N–H and O–H groups in total. The summed E-state index contributed by atoms with van der Waals surface area (Å²) in [5, 5.41) is 21.4. The Morgan fingerprint density at radius 1 is 0.894 bits per heavy atom. The molecular formula is C27H30F9N3O8. The lowest BCUT2D eigenvalue weighted by atomic mass is 9.81.